The molecule has 2 atom stereocenters. The van der Waals surface area contributed by atoms with Gasteiger partial charge in [0.1, 0.15) is 5.75 Å². The van der Waals surface area contributed by atoms with Crippen molar-refractivity contribution in [2.45, 2.75) is 25.8 Å². The van der Waals surface area contributed by atoms with Crippen LogP contribution in [-0.4, -0.2) is 18.0 Å². The Balaban J connectivity index is 1.57. The zero-order valence-electron chi connectivity index (χ0n) is 16.2. The molecule has 1 aliphatic rings. The number of carbonyl (C=O) groups excluding carboxylic acids is 1. The molecule has 1 fully saturated rings. The number of hydrogen-bond donors (Lipinski definition) is 0. The highest BCUT2D eigenvalue weighted by molar-refractivity contribution is 5.97. The number of benzene rings is 2. The fourth-order valence-electron chi connectivity index (χ4n) is 3.75. The number of methoxy groups -OCH3 is 1. The minimum atomic E-state index is 0.0347. The molecule has 1 aliphatic carbocycles. The van der Waals surface area contributed by atoms with E-state index in [1.165, 1.54) is 11.1 Å². The SMILES string of the molecule is COc1ccc(CN(C(=O)[C@@H]2C[C@H]2c2ccccc2C)c2ccncc2)cc1. The zero-order chi connectivity index (χ0) is 19.5. The van der Waals surface area contributed by atoms with Crippen LogP contribution in [0.15, 0.2) is 73.1 Å². The van der Waals surface area contributed by atoms with Crippen LogP contribution >= 0.6 is 0 Å². The minimum Gasteiger partial charge on any atom is -0.497 e. The fraction of sp³-hybridized carbons (Fsp3) is 0.250. The van der Waals surface area contributed by atoms with Crippen LogP contribution in [0.25, 0.3) is 0 Å². The Hall–Kier alpha value is -3.14. The van der Waals surface area contributed by atoms with Gasteiger partial charge < -0.3 is 9.64 Å². The van der Waals surface area contributed by atoms with Crippen LogP contribution in [-0.2, 0) is 11.3 Å². The Labute approximate surface area is 165 Å². The molecule has 4 nitrogen and oxygen atoms in total. The summed E-state index contributed by atoms with van der Waals surface area (Å²) in [7, 11) is 1.65. The zero-order valence-corrected chi connectivity index (χ0v) is 16.2. The average molecular weight is 372 g/mol. The van der Waals surface area contributed by atoms with Crippen LogP contribution in [0, 0.1) is 12.8 Å². The second kappa shape index (κ2) is 7.85. The van der Waals surface area contributed by atoms with Gasteiger partial charge in [-0.2, -0.15) is 0 Å². The standard InChI is InChI=1S/C24H24N2O2/c1-17-5-3-4-6-21(17)22-15-23(22)24(27)26(19-11-13-25-14-12-19)16-18-7-9-20(28-2)10-8-18/h3-14,22-23H,15-16H2,1-2H3/t22-,23+/m0/s1. The molecule has 0 N–H and O–H groups in total. The van der Waals surface area contributed by atoms with E-state index in [1.54, 1.807) is 19.5 Å². The quantitative estimate of drug-likeness (QED) is 0.628. The lowest BCUT2D eigenvalue weighted by Crippen LogP contribution is -2.32. The summed E-state index contributed by atoms with van der Waals surface area (Å²) >= 11 is 0. The number of carbonyl (C=O) groups is 1. The molecule has 4 heteroatoms. The first kappa shape index (κ1) is 18.2. The van der Waals surface area contributed by atoms with E-state index in [9.17, 15) is 4.79 Å². The number of amides is 1. The van der Waals surface area contributed by atoms with Gasteiger partial charge in [0.2, 0.25) is 5.91 Å². The van der Waals surface area contributed by atoms with Gasteiger partial charge in [0.15, 0.2) is 0 Å². The molecule has 0 spiro atoms. The Morgan fingerprint density at radius 1 is 1.07 bits per heavy atom. The van der Waals surface area contributed by atoms with E-state index in [2.05, 4.69) is 30.1 Å². The molecule has 1 heterocycles. The van der Waals surface area contributed by atoms with E-state index in [1.807, 2.05) is 47.4 Å². The topological polar surface area (TPSA) is 42.4 Å². The Morgan fingerprint density at radius 3 is 2.46 bits per heavy atom. The number of hydrogen-bond acceptors (Lipinski definition) is 3. The molecule has 0 saturated heterocycles. The van der Waals surface area contributed by atoms with Crippen LogP contribution < -0.4 is 9.64 Å². The van der Waals surface area contributed by atoms with Crippen molar-refractivity contribution in [2.24, 2.45) is 5.92 Å². The summed E-state index contributed by atoms with van der Waals surface area (Å²) in [5, 5.41) is 0. The van der Waals surface area contributed by atoms with E-state index in [-0.39, 0.29) is 11.8 Å². The molecule has 1 saturated carbocycles. The molecule has 0 unspecified atom stereocenters. The average Bonchev–Trinajstić information content (AvgIpc) is 3.53. The molecule has 1 amide bonds. The molecule has 2 aromatic carbocycles. The highest BCUT2D eigenvalue weighted by atomic mass is 16.5. The number of aromatic nitrogens is 1. The molecule has 3 aromatic rings. The molecule has 1 aromatic heterocycles. The summed E-state index contributed by atoms with van der Waals surface area (Å²) in [5.41, 5.74) is 4.50. The van der Waals surface area contributed by atoms with Crippen molar-refractivity contribution >= 4 is 11.6 Å². The minimum absolute atomic E-state index is 0.0347. The third kappa shape index (κ3) is 3.77. The second-order valence-corrected chi connectivity index (χ2v) is 7.28. The van der Waals surface area contributed by atoms with E-state index in [0.717, 1.165) is 23.4 Å². The second-order valence-electron chi connectivity index (χ2n) is 7.28. The van der Waals surface area contributed by atoms with E-state index in [4.69, 9.17) is 4.74 Å². The number of aryl methyl sites for hydroxylation is 1. The van der Waals surface area contributed by atoms with Gasteiger partial charge in [-0.3, -0.25) is 9.78 Å². The lowest BCUT2D eigenvalue weighted by atomic mass is 10.0. The molecule has 4 rings (SSSR count). The van der Waals surface area contributed by atoms with Crippen molar-refractivity contribution in [1.29, 1.82) is 0 Å². The van der Waals surface area contributed by atoms with Gasteiger partial charge in [0, 0.05) is 24.0 Å². The van der Waals surface area contributed by atoms with Gasteiger partial charge in [-0.15, -0.1) is 0 Å². The van der Waals surface area contributed by atoms with Gasteiger partial charge in [0.05, 0.1) is 13.7 Å². The number of ether oxygens (including phenoxy) is 1. The third-order valence-corrected chi connectivity index (χ3v) is 5.44. The van der Waals surface area contributed by atoms with Crippen LogP contribution in [0.1, 0.15) is 29.0 Å². The summed E-state index contributed by atoms with van der Waals surface area (Å²) < 4.78 is 5.24. The number of rotatable bonds is 6. The normalized spacial score (nSPS) is 17.8. The van der Waals surface area contributed by atoms with E-state index < -0.39 is 0 Å². The number of nitrogens with zero attached hydrogens (tertiary/aromatic N) is 2. The summed E-state index contributed by atoms with van der Waals surface area (Å²) in [6, 6.07) is 20.0. The van der Waals surface area contributed by atoms with Crippen molar-refractivity contribution in [1.82, 2.24) is 4.98 Å². The van der Waals surface area contributed by atoms with E-state index in [0.29, 0.717) is 12.5 Å². The fourth-order valence-corrected chi connectivity index (χ4v) is 3.75. The maximum Gasteiger partial charge on any atom is 0.231 e. The maximum atomic E-state index is 13.4. The first-order chi connectivity index (χ1) is 13.7. The summed E-state index contributed by atoms with van der Waals surface area (Å²) in [5.74, 6) is 1.34. The highest BCUT2D eigenvalue weighted by Gasteiger charge is 2.46. The van der Waals surface area contributed by atoms with Gasteiger partial charge in [-0.05, 0) is 60.2 Å². The Bertz CT molecular complexity index is 954. The summed E-state index contributed by atoms with van der Waals surface area (Å²) in [6.45, 7) is 2.65. The number of pyridine rings is 1. The molecule has 0 radical (unpaired) electrons. The van der Waals surface area contributed by atoms with Crippen molar-refractivity contribution in [3.05, 3.63) is 89.7 Å². The van der Waals surface area contributed by atoms with Crippen LogP contribution in [0.3, 0.4) is 0 Å². The monoisotopic (exact) mass is 372 g/mol. The van der Waals surface area contributed by atoms with Gasteiger partial charge in [0.25, 0.3) is 0 Å². The highest BCUT2D eigenvalue weighted by Crippen LogP contribution is 2.50. The Morgan fingerprint density at radius 2 is 1.79 bits per heavy atom. The molecule has 0 aliphatic heterocycles. The van der Waals surface area contributed by atoms with Crippen molar-refractivity contribution in [2.75, 3.05) is 12.0 Å². The molecular weight excluding hydrogens is 348 g/mol. The van der Waals surface area contributed by atoms with E-state index >= 15 is 0 Å². The maximum absolute atomic E-state index is 13.4. The van der Waals surface area contributed by atoms with Crippen molar-refractivity contribution in [3.8, 4) is 5.75 Å². The van der Waals surface area contributed by atoms with Gasteiger partial charge in [-0.1, -0.05) is 36.4 Å². The van der Waals surface area contributed by atoms with Gasteiger partial charge in [-0.25, -0.2) is 0 Å². The largest absolute Gasteiger partial charge is 0.497 e. The van der Waals surface area contributed by atoms with Crippen LogP contribution in [0.5, 0.6) is 5.75 Å². The first-order valence-electron chi connectivity index (χ1n) is 9.57. The predicted octanol–water partition coefficient (Wildman–Crippen LogP) is 4.74. The molecule has 142 valence electrons. The smallest absolute Gasteiger partial charge is 0.231 e. The molecular formula is C24H24N2O2. The first-order valence-corrected chi connectivity index (χ1v) is 9.57. The van der Waals surface area contributed by atoms with Gasteiger partial charge >= 0.3 is 0 Å². The van der Waals surface area contributed by atoms with Crippen molar-refractivity contribution < 1.29 is 9.53 Å². The third-order valence-electron chi connectivity index (χ3n) is 5.44. The Kier molecular flexibility index (Phi) is 5.11. The predicted molar refractivity (Wildman–Crippen MR) is 110 cm³/mol. The number of anilines is 1. The van der Waals surface area contributed by atoms with Crippen molar-refractivity contribution in [3.63, 3.8) is 0 Å². The lowest BCUT2D eigenvalue weighted by Gasteiger charge is -2.23. The van der Waals surface area contributed by atoms with Crippen LogP contribution in [0.2, 0.25) is 0 Å². The lowest BCUT2D eigenvalue weighted by molar-refractivity contribution is -0.120. The molecule has 28 heavy (non-hydrogen) atoms. The molecule has 0 bridgehead atoms. The van der Waals surface area contributed by atoms with Crippen LogP contribution in [0.4, 0.5) is 5.69 Å². The summed E-state index contributed by atoms with van der Waals surface area (Å²) in [6.07, 6.45) is 4.37. The summed E-state index contributed by atoms with van der Waals surface area (Å²) in [4.78, 5) is 19.4.